The third kappa shape index (κ3) is 4.50. The molecule has 1 amide bonds. The van der Waals surface area contributed by atoms with E-state index in [2.05, 4.69) is 16.0 Å². The van der Waals surface area contributed by atoms with Gasteiger partial charge in [-0.15, -0.1) is 18.2 Å². The van der Waals surface area contributed by atoms with Crippen LogP contribution < -0.4 is 10.0 Å². The number of halogens is 1. The maximum Gasteiger partial charge on any atom is 0.251 e. The first-order valence-corrected chi connectivity index (χ1v) is 10.6. The lowest BCUT2D eigenvalue weighted by Crippen LogP contribution is -2.30. The van der Waals surface area contributed by atoms with E-state index >= 15 is 0 Å². The zero-order valence-electron chi connectivity index (χ0n) is 14.2. The minimum Gasteiger partial charge on any atom is -0.345 e. The molecule has 0 saturated heterocycles. The number of carbonyl (C=O) groups is 1. The molecule has 8 heteroatoms. The number of thioether (sulfide) groups is 1. The molecule has 27 heavy (non-hydrogen) atoms. The summed E-state index contributed by atoms with van der Waals surface area (Å²) in [6, 6.07) is 9.84. The Morgan fingerprint density at radius 2 is 2.00 bits per heavy atom. The fraction of sp³-hybridized carbons (Fsp3) is 0.211. The van der Waals surface area contributed by atoms with Crippen molar-refractivity contribution in [3.05, 3.63) is 59.4 Å². The normalized spacial score (nSPS) is 16.2. The summed E-state index contributed by atoms with van der Waals surface area (Å²) in [6.07, 6.45) is 5.74. The van der Waals surface area contributed by atoms with E-state index in [1.54, 1.807) is 17.8 Å². The van der Waals surface area contributed by atoms with Gasteiger partial charge in [0.05, 0.1) is 17.5 Å². The molecule has 1 aliphatic heterocycles. The molecule has 140 valence electrons. The fourth-order valence-corrected chi connectivity index (χ4v) is 4.80. The van der Waals surface area contributed by atoms with Gasteiger partial charge in [-0.25, -0.2) is 12.8 Å². The molecule has 1 heterocycles. The molecule has 2 aromatic carbocycles. The first-order chi connectivity index (χ1) is 12.9. The van der Waals surface area contributed by atoms with Crippen molar-refractivity contribution in [1.82, 2.24) is 10.0 Å². The SMILES string of the molecule is C#CCNS(=O)(=O)c1ccc(C(=O)NC2CCSc3ccc(F)cc32)cc1. The highest BCUT2D eigenvalue weighted by Gasteiger charge is 2.23. The van der Waals surface area contributed by atoms with E-state index in [9.17, 15) is 17.6 Å². The Hall–Kier alpha value is -2.34. The van der Waals surface area contributed by atoms with Crippen LogP contribution in [0.5, 0.6) is 0 Å². The van der Waals surface area contributed by atoms with E-state index < -0.39 is 10.0 Å². The third-order valence-corrected chi connectivity index (χ3v) is 6.65. The Morgan fingerprint density at radius 3 is 2.70 bits per heavy atom. The van der Waals surface area contributed by atoms with Gasteiger partial charge in [0.1, 0.15) is 5.82 Å². The Morgan fingerprint density at radius 1 is 1.26 bits per heavy atom. The van der Waals surface area contributed by atoms with Crippen molar-refractivity contribution in [2.45, 2.75) is 22.3 Å². The minimum atomic E-state index is -3.71. The van der Waals surface area contributed by atoms with Crippen molar-refractivity contribution >= 4 is 27.7 Å². The van der Waals surface area contributed by atoms with Crippen LogP contribution in [0.4, 0.5) is 4.39 Å². The van der Waals surface area contributed by atoms with Crippen LogP contribution in [0.1, 0.15) is 28.4 Å². The number of amides is 1. The van der Waals surface area contributed by atoms with Crippen molar-refractivity contribution < 1.29 is 17.6 Å². The summed E-state index contributed by atoms with van der Waals surface area (Å²) in [7, 11) is -3.71. The molecule has 2 aromatic rings. The highest BCUT2D eigenvalue weighted by molar-refractivity contribution is 7.99. The summed E-state index contributed by atoms with van der Waals surface area (Å²) in [6.45, 7) is -0.111. The van der Waals surface area contributed by atoms with E-state index in [0.717, 1.165) is 16.2 Å². The molecular weight excluding hydrogens is 387 g/mol. The fourth-order valence-electron chi connectivity index (χ4n) is 2.76. The van der Waals surface area contributed by atoms with Crippen molar-refractivity contribution in [2.75, 3.05) is 12.3 Å². The second-order valence-corrected chi connectivity index (χ2v) is 8.80. The molecule has 3 rings (SSSR count). The first-order valence-electron chi connectivity index (χ1n) is 8.17. The summed E-state index contributed by atoms with van der Waals surface area (Å²) in [4.78, 5) is 13.5. The summed E-state index contributed by atoms with van der Waals surface area (Å²) >= 11 is 1.63. The summed E-state index contributed by atoms with van der Waals surface area (Å²) < 4.78 is 39.9. The van der Waals surface area contributed by atoms with Crippen LogP contribution in [0, 0.1) is 18.2 Å². The van der Waals surface area contributed by atoms with Crippen LogP contribution >= 0.6 is 11.8 Å². The molecule has 0 aromatic heterocycles. The molecule has 0 aliphatic carbocycles. The first kappa shape index (κ1) is 19.4. The zero-order valence-corrected chi connectivity index (χ0v) is 15.9. The Labute approximate surface area is 161 Å². The van der Waals surface area contributed by atoms with E-state index in [1.165, 1.54) is 36.4 Å². The van der Waals surface area contributed by atoms with Crippen molar-refractivity contribution in [1.29, 1.82) is 0 Å². The van der Waals surface area contributed by atoms with E-state index in [1.807, 2.05) is 0 Å². The van der Waals surface area contributed by atoms with Crippen LogP contribution in [0.15, 0.2) is 52.3 Å². The smallest absolute Gasteiger partial charge is 0.251 e. The van der Waals surface area contributed by atoms with E-state index in [4.69, 9.17) is 6.42 Å². The monoisotopic (exact) mass is 404 g/mol. The van der Waals surface area contributed by atoms with Gasteiger partial charge in [0.2, 0.25) is 10.0 Å². The molecule has 1 unspecified atom stereocenters. The van der Waals surface area contributed by atoms with Gasteiger partial charge in [0.25, 0.3) is 5.91 Å². The van der Waals surface area contributed by atoms with Gasteiger partial charge in [-0.3, -0.25) is 4.79 Å². The highest BCUT2D eigenvalue weighted by atomic mass is 32.2. The predicted molar refractivity (Wildman–Crippen MR) is 102 cm³/mol. The standard InChI is InChI=1S/C19H17FN2O3S2/c1-2-10-21-27(24,25)15-6-3-13(4-7-15)19(23)22-17-9-11-26-18-8-5-14(20)12-16(17)18/h1,3-8,12,17,21H,9-11H2,(H,22,23). The molecule has 0 spiro atoms. The van der Waals surface area contributed by atoms with Gasteiger partial charge in [-0.05, 0) is 54.4 Å². The molecule has 5 nitrogen and oxygen atoms in total. The molecule has 0 saturated carbocycles. The number of hydrogen-bond acceptors (Lipinski definition) is 4. The van der Waals surface area contributed by atoms with Crippen LogP contribution in [0.3, 0.4) is 0 Å². The molecule has 1 aliphatic rings. The average molecular weight is 404 g/mol. The van der Waals surface area contributed by atoms with Gasteiger partial charge in [-0.1, -0.05) is 5.92 Å². The maximum atomic E-state index is 13.6. The van der Waals surface area contributed by atoms with Gasteiger partial charge in [0.15, 0.2) is 0 Å². The number of fused-ring (bicyclic) bond motifs is 1. The number of benzene rings is 2. The topological polar surface area (TPSA) is 75.3 Å². The van der Waals surface area contributed by atoms with Crippen molar-refractivity contribution in [3.8, 4) is 12.3 Å². The van der Waals surface area contributed by atoms with E-state index in [0.29, 0.717) is 12.0 Å². The lowest BCUT2D eigenvalue weighted by Gasteiger charge is -2.26. The maximum absolute atomic E-state index is 13.6. The Kier molecular flexibility index (Phi) is 5.85. The average Bonchev–Trinajstić information content (AvgIpc) is 2.67. The van der Waals surface area contributed by atoms with Crippen LogP contribution in [-0.2, 0) is 10.0 Å². The molecule has 2 N–H and O–H groups in total. The Bertz CT molecular complexity index is 999. The summed E-state index contributed by atoms with van der Waals surface area (Å²) in [5.74, 6) is 2.33. The molecular formula is C19H17FN2O3S2. The largest absolute Gasteiger partial charge is 0.345 e. The summed E-state index contributed by atoms with van der Waals surface area (Å²) in [5.41, 5.74) is 1.08. The van der Waals surface area contributed by atoms with Crippen molar-refractivity contribution in [2.24, 2.45) is 0 Å². The lowest BCUT2D eigenvalue weighted by atomic mass is 10.0. The van der Waals surface area contributed by atoms with Gasteiger partial charge in [-0.2, -0.15) is 4.72 Å². The minimum absolute atomic E-state index is 0.0239. The second-order valence-electron chi connectivity index (χ2n) is 5.90. The predicted octanol–water partition coefficient (Wildman–Crippen LogP) is 2.70. The molecule has 1 atom stereocenters. The zero-order chi connectivity index (χ0) is 19.4. The lowest BCUT2D eigenvalue weighted by molar-refractivity contribution is 0.0934. The summed E-state index contributed by atoms with van der Waals surface area (Å²) in [5, 5.41) is 2.90. The Balaban J connectivity index is 1.75. The quantitative estimate of drug-likeness (QED) is 0.752. The van der Waals surface area contributed by atoms with Crippen LogP contribution in [0.25, 0.3) is 0 Å². The second kappa shape index (κ2) is 8.13. The van der Waals surface area contributed by atoms with Gasteiger partial charge < -0.3 is 5.32 Å². The third-order valence-electron chi connectivity index (χ3n) is 4.11. The highest BCUT2D eigenvalue weighted by Crippen LogP contribution is 2.36. The molecule has 0 fully saturated rings. The van der Waals surface area contributed by atoms with Crippen molar-refractivity contribution in [3.63, 3.8) is 0 Å². The van der Waals surface area contributed by atoms with E-state index in [-0.39, 0.29) is 29.2 Å². The number of hydrogen-bond donors (Lipinski definition) is 2. The number of carbonyl (C=O) groups excluding carboxylic acids is 1. The molecule has 0 radical (unpaired) electrons. The number of nitrogens with one attached hydrogen (secondary N) is 2. The number of sulfonamides is 1. The van der Waals surface area contributed by atoms with Gasteiger partial charge in [0, 0.05) is 16.2 Å². The van der Waals surface area contributed by atoms with Crippen LogP contribution in [-0.4, -0.2) is 26.6 Å². The van der Waals surface area contributed by atoms with Gasteiger partial charge >= 0.3 is 0 Å². The number of rotatable bonds is 5. The number of terminal acetylenes is 1. The van der Waals surface area contributed by atoms with Crippen LogP contribution in [0.2, 0.25) is 0 Å². The molecule has 0 bridgehead atoms.